The van der Waals surface area contributed by atoms with Gasteiger partial charge in [0.2, 0.25) is 5.09 Å². The van der Waals surface area contributed by atoms with E-state index in [1.54, 1.807) is 12.6 Å². The number of ether oxygens (including phenoxy) is 3. The monoisotopic (exact) mass is 616 g/mol. The highest BCUT2D eigenvalue weighted by Crippen LogP contribution is 2.39. The lowest BCUT2D eigenvalue weighted by molar-refractivity contribution is -0.0278. The highest BCUT2D eigenvalue weighted by atomic mass is 79.9. The fourth-order valence-corrected chi connectivity index (χ4v) is 6.11. The summed E-state index contributed by atoms with van der Waals surface area (Å²) in [5, 5.41) is 12.5. The zero-order chi connectivity index (χ0) is 27.6. The second kappa shape index (κ2) is 11.6. The van der Waals surface area contributed by atoms with Crippen LogP contribution in [0.2, 0.25) is 0 Å². The maximum atomic E-state index is 12.6. The summed E-state index contributed by atoms with van der Waals surface area (Å²) < 4.78 is 20.1. The zero-order valence-electron chi connectivity index (χ0n) is 22.2. The standard InChI is InChI=1S/C27H33BrN6O4S/c1-27(2,3)38-26(35)31-19(16-8-4-5-9-16)12-13-34-15-30-22(29)21-23(34)33-25(32-21)39-20-14-36-24(37-20)17-10-6-7-11-18(17)28/h6-7,10-11,14-16,19,24,29H,4-5,8-9,12-13H2,1-3H3,(H,31,35)(H,32,33). The molecule has 1 aliphatic carbocycles. The Morgan fingerprint density at radius 3 is 2.85 bits per heavy atom. The average Bonchev–Trinajstić information content (AvgIpc) is 3.64. The van der Waals surface area contributed by atoms with Gasteiger partial charge in [-0.15, -0.1) is 0 Å². The number of benzene rings is 1. The number of carbonyl (C=O) groups excluding carboxylic acids is 1. The van der Waals surface area contributed by atoms with Crippen LogP contribution in [0.25, 0.3) is 11.2 Å². The smallest absolute Gasteiger partial charge is 0.407 e. The van der Waals surface area contributed by atoms with Crippen LogP contribution in [0.15, 0.2) is 51.6 Å². The van der Waals surface area contributed by atoms with E-state index < -0.39 is 11.9 Å². The van der Waals surface area contributed by atoms with Crippen molar-refractivity contribution in [2.75, 3.05) is 0 Å². The van der Waals surface area contributed by atoms with Crippen LogP contribution >= 0.6 is 27.7 Å². The Balaban J connectivity index is 1.28. The van der Waals surface area contributed by atoms with Crippen molar-refractivity contribution in [3.8, 4) is 0 Å². The number of imidazole rings is 1. The van der Waals surface area contributed by atoms with E-state index in [0.717, 1.165) is 22.9 Å². The minimum Gasteiger partial charge on any atom is -0.454 e. The fraction of sp³-hybridized carbons (Fsp3) is 0.481. The number of rotatable bonds is 8. The van der Waals surface area contributed by atoms with Crippen LogP contribution in [-0.4, -0.2) is 37.3 Å². The van der Waals surface area contributed by atoms with Crippen LogP contribution < -0.4 is 10.8 Å². The number of aromatic amines is 1. The van der Waals surface area contributed by atoms with Crippen molar-refractivity contribution in [1.82, 2.24) is 24.8 Å². The van der Waals surface area contributed by atoms with Crippen molar-refractivity contribution in [1.29, 1.82) is 5.41 Å². The number of halogens is 1. The summed E-state index contributed by atoms with van der Waals surface area (Å²) in [6, 6.07) is 7.73. The number of aryl methyl sites for hydroxylation is 1. The minimum atomic E-state index is -0.552. The highest BCUT2D eigenvalue weighted by molar-refractivity contribution is 9.10. The van der Waals surface area contributed by atoms with E-state index in [1.165, 1.54) is 24.6 Å². The number of hydrogen-bond donors (Lipinski definition) is 3. The minimum absolute atomic E-state index is 0.0168. The largest absolute Gasteiger partial charge is 0.454 e. The molecule has 208 valence electrons. The molecular formula is C27H33BrN6O4S. The van der Waals surface area contributed by atoms with E-state index >= 15 is 0 Å². The quantitative estimate of drug-likeness (QED) is 0.278. The Hall–Kier alpha value is -2.99. The average molecular weight is 618 g/mol. The topological polar surface area (TPSA) is 127 Å². The molecule has 1 saturated carbocycles. The van der Waals surface area contributed by atoms with Gasteiger partial charge < -0.3 is 29.1 Å². The van der Waals surface area contributed by atoms with Crippen LogP contribution in [-0.2, 0) is 20.8 Å². The van der Waals surface area contributed by atoms with Crippen LogP contribution in [0.4, 0.5) is 4.79 Å². The molecule has 1 aliphatic heterocycles. The molecule has 3 N–H and O–H groups in total. The van der Waals surface area contributed by atoms with Gasteiger partial charge in [0, 0.05) is 22.6 Å². The summed E-state index contributed by atoms with van der Waals surface area (Å²) in [5.74, 6) is 0.409. The van der Waals surface area contributed by atoms with Gasteiger partial charge in [-0.1, -0.05) is 47.0 Å². The maximum absolute atomic E-state index is 12.6. The SMILES string of the molecule is CC(C)(C)OC(=O)NC(CCn1cnc(=N)c2[nH]c(SC3=COC(c4ccccc4Br)O3)nc21)C1CCCC1. The third kappa shape index (κ3) is 6.78. The normalized spacial score (nSPS) is 18.5. The molecule has 2 aliphatic rings. The van der Waals surface area contributed by atoms with Crippen molar-refractivity contribution < 1.29 is 19.0 Å². The molecule has 0 spiro atoms. The number of H-pyrrole nitrogens is 1. The Morgan fingerprint density at radius 1 is 1.33 bits per heavy atom. The van der Waals surface area contributed by atoms with E-state index in [9.17, 15) is 4.79 Å². The number of nitrogens with zero attached hydrogens (tertiary/aromatic N) is 3. The number of carbonyl (C=O) groups is 1. The Labute approximate surface area is 239 Å². The molecule has 5 rings (SSSR count). The second-order valence-electron chi connectivity index (χ2n) is 10.8. The second-order valence-corrected chi connectivity index (χ2v) is 12.6. The van der Waals surface area contributed by atoms with Gasteiger partial charge in [0.05, 0.1) is 6.33 Å². The molecule has 1 fully saturated rings. The van der Waals surface area contributed by atoms with Crippen LogP contribution in [0.5, 0.6) is 0 Å². The Kier molecular flexibility index (Phi) is 8.22. The highest BCUT2D eigenvalue weighted by Gasteiger charge is 2.29. The van der Waals surface area contributed by atoms with Gasteiger partial charge in [-0.3, -0.25) is 5.41 Å². The van der Waals surface area contributed by atoms with Gasteiger partial charge in [-0.25, -0.2) is 14.8 Å². The van der Waals surface area contributed by atoms with Crippen LogP contribution in [0, 0.1) is 11.3 Å². The van der Waals surface area contributed by atoms with Crippen molar-refractivity contribution in [3.05, 3.63) is 57.5 Å². The van der Waals surface area contributed by atoms with Gasteiger partial charge in [0.1, 0.15) is 17.4 Å². The molecule has 10 nitrogen and oxygen atoms in total. The first-order valence-electron chi connectivity index (χ1n) is 13.1. The first-order valence-corrected chi connectivity index (χ1v) is 14.7. The molecule has 3 aromatic rings. The number of fused-ring (bicyclic) bond motifs is 1. The molecule has 2 atom stereocenters. The van der Waals surface area contributed by atoms with Crippen LogP contribution in [0.3, 0.4) is 0 Å². The number of thioether (sulfide) groups is 1. The van der Waals surface area contributed by atoms with Gasteiger partial charge in [-0.2, -0.15) is 0 Å². The van der Waals surface area contributed by atoms with Gasteiger partial charge in [0.15, 0.2) is 16.3 Å². The summed E-state index contributed by atoms with van der Waals surface area (Å²) in [7, 11) is 0. The third-order valence-electron chi connectivity index (χ3n) is 6.72. The summed E-state index contributed by atoms with van der Waals surface area (Å²) in [6.07, 6.45) is 7.50. The van der Waals surface area contributed by atoms with E-state index in [1.807, 2.05) is 49.6 Å². The predicted octanol–water partition coefficient (Wildman–Crippen LogP) is 6.11. The lowest BCUT2D eigenvalue weighted by atomic mass is 9.95. The zero-order valence-corrected chi connectivity index (χ0v) is 24.6. The molecular weight excluding hydrogens is 584 g/mol. The molecule has 0 saturated heterocycles. The van der Waals surface area contributed by atoms with E-state index in [2.05, 4.69) is 31.2 Å². The van der Waals surface area contributed by atoms with Gasteiger partial charge in [0.25, 0.3) is 6.29 Å². The van der Waals surface area contributed by atoms with Crippen LogP contribution in [0.1, 0.15) is 64.7 Å². The van der Waals surface area contributed by atoms with E-state index in [-0.39, 0.29) is 17.6 Å². The molecule has 3 heterocycles. The molecule has 1 amide bonds. The molecule has 1 aromatic carbocycles. The molecule has 0 radical (unpaired) electrons. The summed E-state index contributed by atoms with van der Waals surface area (Å²) in [6.45, 7) is 6.18. The number of hydrogen-bond acceptors (Lipinski definition) is 8. The molecule has 2 unspecified atom stereocenters. The number of nitrogens with one attached hydrogen (secondary N) is 3. The first kappa shape index (κ1) is 27.6. The van der Waals surface area contributed by atoms with Crippen molar-refractivity contribution in [2.24, 2.45) is 5.92 Å². The Bertz CT molecular complexity index is 1430. The first-order chi connectivity index (χ1) is 18.7. The van der Waals surface area contributed by atoms with Crippen molar-refractivity contribution in [3.63, 3.8) is 0 Å². The fourth-order valence-electron chi connectivity index (χ4n) is 4.92. The van der Waals surface area contributed by atoms with Gasteiger partial charge in [-0.05, 0) is 63.8 Å². The van der Waals surface area contributed by atoms with Crippen molar-refractivity contribution >= 4 is 44.9 Å². The molecule has 12 heteroatoms. The molecule has 2 aromatic heterocycles. The third-order valence-corrected chi connectivity index (χ3v) is 8.22. The Morgan fingerprint density at radius 2 is 2.10 bits per heavy atom. The lowest BCUT2D eigenvalue weighted by Gasteiger charge is -2.27. The van der Waals surface area contributed by atoms with E-state index in [4.69, 9.17) is 24.6 Å². The predicted molar refractivity (Wildman–Crippen MR) is 150 cm³/mol. The van der Waals surface area contributed by atoms with Crippen molar-refractivity contribution in [2.45, 2.75) is 82.5 Å². The van der Waals surface area contributed by atoms with Gasteiger partial charge >= 0.3 is 6.09 Å². The number of alkyl carbamates (subject to hydrolysis) is 1. The molecule has 39 heavy (non-hydrogen) atoms. The van der Waals surface area contributed by atoms with E-state index in [0.29, 0.717) is 40.3 Å². The molecule has 0 bridgehead atoms. The summed E-state index contributed by atoms with van der Waals surface area (Å²) in [5.41, 5.74) is 1.62. The number of aromatic nitrogens is 4. The lowest BCUT2D eigenvalue weighted by Crippen LogP contribution is -2.43. The number of amides is 1. The summed E-state index contributed by atoms with van der Waals surface area (Å²) >= 11 is 4.83. The maximum Gasteiger partial charge on any atom is 0.407 e. The summed E-state index contributed by atoms with van der Waals surface area (Å²) in [4.78, 5) is 24.8.